The highest BCUT2D eigenvalue weighted by atomic mass is 79.9. The van der Waals surface area contributed by atoms with Crippen molar-refractivity contribution in [3.8, 4) is 0 Å². The van der Waals surface area contributed by atoms with E-state index in [2.05, 4.69) is 20.9 Å². The molecule has 2 N–H and O–H groups in total. The molecule has 5 nitrogen and oxygen atoms in total. The molecule has 0 saturated carbocycles. The fourth-order valence-electron chi connectivity index (χ4n) is 1.37. The Morgan fingerprint density at radius 1 is 1.40 bits per heavy atom. The first-order valence-electron chi connectivity index (χ1n) is 4.09. The van der Waals surface area contributed by atoms with Crippen molar-refractivity contribution in [1.82, 2.24) is 4.98 Å². The van der Waals surface area contributed by atoms with Gasteiger partial charge in [-0.15, -0.1) is 0 Å². The van der Waals surface area contributed by atoms with Gasteiger partial charge in [-0.05, 0) is 22.0 Å². The minimum absolute atomic E-state index is 0.137. The van der Waals surface area contributed by atoms with Crippen LogP contribution >= 0.6 is 15.9 Å². The monoisotopic (exact) mass is 267 g/mol. The van der Waals surface area contributed by atoms with Gasteiger partial charge in [0.25, 0.3) is 0 Å². The third kappa shape index (κ3) is 1.52. The van der Waals surface area contributed by atoms with E-state index in [9.17, 15) is 10.1 Å². The second-order valence-electron chi connectivity index (χ2n) is 2.94. The average molecular weight is 268 g/mol. The number of nitro groups is 1. The molecule has 0 fully saturated rings. The van der Waals surface area contributed by atoms with Crippen LogP contribution in [-0.4, -0.2) is 9.91 Å². The van der Waals surface area contributed by atoms with E-state index in [0.29, 0.717) is 10.9 Å². The molecule has 76 valence electrons. The number of nitrogens with two attached hydrogens (primary N) is 1. The van der Waals surface area contributed by atoms with E-state index in [1.165, 1.54) is 0 Å². The Hall–Kier alpha value is -1.69. The summed E-state index contributed by atoms with van der Waals surface area (Å²) >= 11 is 3.04. The largest absolute Gasteiger partial charge is 0.393 e. The lowest BCUT2D eigenvalue weighted by molar-refractivity contribution is -0.384. The first-order chi connectivity index (χ1) is 7.11. The Bertz CT molecular complexity index is 556. The summed E-state index contributed by atoms with van der Waals surface area (Å²) in [5.41, 5.74) is 6.29. The van der Waals surface area contributed by atoms with Gasteiger partial charge >= 0.3 is 5.69 Å². The summed E-state index contributed by atoms with van der Waals surface area (Å²) < 4.78 is 0.156. The number of nitrogens with zero attached hydrogens (tertiary/aromatic N) is 2. The van der Waals surface area contributed by atoms with Crippen molar-refractivity contribution in [2.45, 2.75) is 0 Å². The molecule has 1 aromatic carbocycles. The molecular formula is C9H6BrN3O2. The van der Waals surface area contributed by atoms with Crippen LogP contribution in [0.2, 0.25) is 0 Å². The van der Waals surface area contributed by atoms with Crippen molar-refractivity contribution < 1.29 is 4.92 Å². The minimum atomic E-state index is -0.543. The maximum atomic E-state index is 10.7. The number of aromatic nitrogens is 1. The van der Waals surface area contributed by atoms with E-state index in [0.717, 1.165) is 0 Å². The summed E-state index contributed by atoms with van der Waals surface area (Å²) in [7, 11) is 0. The lowest BCUT2D eigenvalue weighted by Crippen LogP contribution is -1.99. The molecule has 0 saturated heterocycles. The molecule has 6 heteroatoms. The highest BCUT2D eigenvalue weighted by Gasteiger charge is 2.20. The zero-order valence-electron chi connectivity index (χ0n) is 7.48. The quantitative estimate of drug-likeness (QED) is 0.489. The summed E-state index contributed by atoms with van der Waals surface area (Å²) in [6.07, 6.45) is 0. The lowest BCUT2D eigenvalue weighted by Gasteiger charge is -2.03. The first kappa shape index (κ1) is 9.85. The molecule has 1 aromatic heterocycles. The summed E-state index contributed by atoms with van der Waals surface area (Å²) in [5.74, 6) is 0. The molecular weight excluding hydrogens is 262 g/mol. The number of hydrogen-bond donors (Lipinski definition) is 1. The summed E-state index contributed by atoms with van der Waals surface area (Å²) in [6, 6.07) is 7.02. The van der Waals surface area contributed by atoms with E-state index in [-0.39, 0.29) is 16.0 Å². The van der Waals surface area contributed by atoms with E-state index in [4.69, 9.17) is 5.73 Å². The SMILES string of the molecule is Nc1c([N+](=O)[O-])c(Br)nc2ccccc12. The van der Waals surface area contributed by atoms with Crippen LogP contribution in [0.3, 0.4) is 0 Å². The van der Waals surface area contributed by atoms with E-state index in [1.54, 1.807) is 24.3 Å². The van der Waals surface area contributed by atoms with Crippen molar-refractivity contribution in [3.63, 3.8) is 0 Å². The highest BCUT2D eigenvalue weighted by molar-refractivity contribution is 9.10. The fourth-order valence-corrected chi connectivity index (χ4v) is 1.92. The normalized spacial score (nSPS) is 10.5. The summed E-state index contributed by atoms with van der Waals surface area (Å²) in [5, 5.41) is 11.3. The molecule has 0 amide bonds. The number of benzene rings is 1. The molecule has 0 unspecified atom stereocenters. The van der Waals surface area contributed by atoms with E-state index >= 15 is 0 Å². The second-order valence-corrected chi connectivity index (χ2v) is 3.69. The predicted molar refractivity (Wildman–Crippen MR) is 60.5 cm³/mol. The zero-order valence-corrected chi connectivity index (χ0v) is 9.06. The topological polar surface area (TPSA) is 82.0 Å². The van der Waals surface area contributed by atoms with E-state index < -0.39 is 4.92 Å². The van der Waals surface area contributed by atoms with Gasteiger partial charge in [0.15, 0.2) is 4.60 Å². The third-order valence-electron chi connectivity index (χ3n) is 2.05. The molecule has 0 aliphatic heterocycles. The van der Waals surface area contributed by atoms with Crippen molar-refractivity contribution in [2.24, 2.45) is 0 Å². The van der Waals surface area contributed by atoms with E-state index in [1.807, 2.05) is 0 Å². The van der Waals surface area contributed by atoms with Gasteiger partial charge in [0.05, 0.1) is 10.4 Å². The van der Waals surface area contributed by atoms with Crippen LogP contribution in [0.15, 0.2) is 28.9 Å². The molecule has 0 aliphatic carbocycles. The third-order valence-corrected chi connectivity index (χ3v) is 2.60. The number of hydrogen-bond acceptors (Lipinski definition) is 4. The number of anilines is 1. The predicted octanol–water partition coefficient (Wildman–Crippen LogP) is 2.49. The number of fused-ring (bicyclic) bond motifs is 1. The Morgan fingerprint density at radius 2 is 2.07 bits per heavy atom. The maximum Gasteiger partial charge on any atom is 0.325 e. The molecule has 0 spiro atoms. The average Bonchev–Trinajstić information content (AvgIpc) is 2.17. The van der Waals surface area contributed by atoms with Crippen LogP contribution in [0.25, 0.3) is 10.9 Å². The molecule has 0 bridgehead atoms. The first-order valence-corrected chi connectivity index (χ1v) is 4.88. The molecule has 2 aromatic rings. The molecule has 2 rings (SSSR count). The van der Waals surface area contributed by atoms with Crippen molar-refractivity contribution in [3.05, 3.63) is 39.0 Å². The van der Waals surface area contributed by atoms with Gasteiger partial charge in [0, 0.05) is 5.39 Å². The van der Waals surface area contributed by atoms with Crippen LogP contribution in [-0.2, 0) is 0 Å². The van der Waals surface area contributed by atoms with Crippen LogP contribution in [0, 0.1) is 10.1 Å². The van der Waals surface area contributed by atoms with Crippen LogP contribution in [0.4, 0.5) is 11.4 Å². The Morgan fingerprint density at radius 3 is 2.73 bits per heavy atom. The van der Waals surface area contributed by atoms with Gasteiger partial charge in [0.1, 0.15) is 5.69 Å². The Labute approximate surface area is 93.2 Å². The highest BCUT2D eigenvalue weighted by Crippen LogP contribution is 2.34. The van der Waals surface area contributed by atoms with Gasteiger partial charge in [-0.3, -0.25) is 10.1 Å². The van der Waals surface area contributed by atoms with Gasteiger partial charge in [0.2, 0.25) is 0 Å². The molecule has 0 atom stereocenters. The van der Waals surface area contributed by atoms with Gasteiger partial charge in [-0.1, -0.05) is 18.2 Å². The standard InChI is InChI=1S/C9H6BrN3O2/c10-9-8(13(14)15)7(11)5-3-1-2-4-6(5)12-9/h1-4H,(H2,11,12). The van der Waals surface area contributed by atoms with Gasteiger partial charge in [-0.25, -0.2) is 4.98 Å². The van der Waals surface area contributed by atoms with Crippen molar-refractivity contribution in [2.75, 3.05) is 5.73 Å². The van der Waals surface area contributed by atoms with Crippen LogP contribution in [0.5, 0.6) is 0 Å². The van der Waals surface area contributed by atoms with Crippen molar-refractivity contribution in [1.29, 1.82) is 0 Å². The smallest absolute Gasteiger partial charge is 0.325 e. The molecule has 1 heterocycles. The fraction of sp³-hybridized carbons (Fsp3) is 0. The molecule has 15 heavy (non-hydrogen) atoms. The lowest BCUT2D eigenvalue weighted by atomic mass is 10.2. The number of rotatable bonds is 1. The number of nitrogen functional groups attached to an aromatic ring is 1. The van der Waals surface area contributed by atoms with Crippen LogP contribution in [0.1, 0.15) is 0 Å². The number of para-hydroxylation sites is 1. The van der Waals surface area contributed by atoms with Crippen LogP contribution < -0.4 is 5.73 Å². The molecule has 0 radical (unpaired) electrons. The second kappa shape index (κ2) is 3.47. The van der Waals surface area contributed by atoms with Gasteiger partial charge < -0.3 is 5.73 Å². The minimum Gasteiger partial charge on any atom is -0.393 e. The van der Waals surface area contributed by atoms with Crippen molar-refractivity contribution >= 4 is 38.2 Å². The summed E-state index contributed by atoms with van der Waals surface area (Å²) in [6.45, 7) is 0. The Balaban J connectivity index is 2.90. The Kier molecular flexibility index (Phi) is 2.28. The molecule has 0 aliphatic rings. The number of halogens is 1. The maximum absolute atomic E-state index is 10.7. The zero-order chi connectivity index (χ0) is 11.0. The summed E-state index contributed by atoms with van der Waals surface area (Å²) in [4.78, 5) is 14.3. The number of pyridine rings is 1. The van der Waals surface area contributed by atoms with Gasteiger partial charge in [-0.2, -0.15) is 0 Å².